The highest BCUT2D eigenvalue weighted by molar-refractivity contribution is 5.81. The lowest BCUT2D eigenvalue weighted by molar-refractivity contribution is -0.186. The molecule has 1 aromatic carbocycles. The third-order valence-corrected chi connectivity index (χ3v) is 3.91. The topological polar surface area (TPSA) is 46.3 Å². The Kier molecular flexibility index (Phi) is 4.88. The second kappa shape index (κ2) is 6.47. The van der Waals surface area contributed by atoms with Crippen LogP contribution in [0.3, 0.4) is 0 Å². The van der Waals surface area contributed by atoms with Crippen LogP contribution in [0, 0.1) is 0 Å². The number of halogens is 3. The molecule has 0 spiro atoms. The lowest BCUT2D eigenvalue weighted by atomic mass is 9.89. The molecule has 0 unspecified atom stereocenters. The molecule has 1 fully saturated rings. The molecule has 0 radical (unpaired) electrons. The number of hydrogen-bond donors (Lipinski definition) is 1. The van der Waals surface area contributed by atoms with Crippen molar-refractivity contribution in [1.82, 2.24) is 4.90 Å². The van der Waals surface area contributed by atoms with Crippen LogP contribution in [0.2, 0.25) is 0 Å². The minimum atomic E-state index is -4.77. The number of nitrogens with two attached hydrogens (primary N) is 1. The van der Waals surface area contributed by atoms with Gasteiger partial charge in [0.25, 0.3) is 0 Å². The predicted molar refractivity (Wildman–Crippen MR) is 73.8 cm³/mol. The SMILES string of the molecule is NCCc1ccc(C2CCN(C(=O)C(F)(F)F)CC2)cc1. The Hall–Kier alpha value is -1.56. The van der Waals surface area contributed by atoms with E-state index >= 15 is 0 Å². The second-order valence-corrected chi connectivity index (χ2v) is 5.34. The van der Waals surface area contributed by atoms with Crippen LogP contribution in [0.15, 0.2) is 24.3 Å². The molecule has 0 saturated carbocycles. The molecule has 2 rings (SSSR count). The number of hydrogen-bond acceptors (Lipinski definition) is 2. The summed E-state index contributed by atoms with van der Waals surface area (Å²) in [5.41, 5.74) is 7.77. The zero-order valence-electron chi connectivity index (χ0n) is 11.7. The minimum Gasteiger partial charge on any atom is -0.335 e. The second-order valence-electron chi connectivity index (χ2n) is 5.34. The maximum absolute atomic E-state index is 12.4. The van der Waals surface area contributed by atoms with Crippen molar-refractivity contribution in [1.29, 1.82) is 0 Å². The van der Waals surface area contributed by atoms with Gasteiger partial charge in [0.2, 0.25) is 0 Å². The minimum absolute atomic E-state index is 0.160. The summed E-state index contributed by atoms with van der Waals surface area (Å²) >= 11 is 0. The van der Waals surface area contributed by atoms with Crippen LogP contribution in [0.1, 0.15) is 29.9 Å². The lowest BCUT2D eigenvalue weighted by Crippen LogP contribution is -2.45. The molecule has 0 atom stereocenters. The molecule has 6 heteroatoms. The maximum atomic E-state index is 12.4. The Balaban J connectivity index is 1.93. The van der Waals surface area contributed by atoms with Gasteiger partial charge in [-0.1, -0.05) is 24.3 Å². The average molecular weight is 300 g/mol. The van der Waals surface area contributed by atoms with Crippen LogP contribution >= 0.6 is 0 Å². The Morgan fingerprint density at radius 1 is 1.19 bits per heavy atom. The van der Waals surface area contributed by atoms with Gasteiger partial charge in [0.15, 0.2) is 0 Å². The standard InChI is InChI=1S/C15H19F3N2O/c16-15(17,18)14(21)20-9-6-13(7-10-20)12-3-1-11(2-4-12)5-8-19/h1-4,13H,5-10,19H2. The monoisotopic (exact) mass is 300 g/mol. The summed E-state index contributed by atoms with van der Waals surface area (Å²) in [6, 6.07) is 8.04. The van der Waals surface area contributed by atoms with Crippen molar-refractivity contribution >= 4 is 5.91 Å². The highest BCUT2D eigenvalue weighted by Gasteiger charge is 2.43. The van der Waals surface area contributed by atoms with E-state index in [1.165, 1.54) is 0 Å². The predicted octanol–water partition coefficient (Wildman–Crippen LogP) is 2.46. The van der Waals surface area contributed by atoms with Crippen molar-refractivity contribution in [2.24, 2.45) is 5.73 Å². The number of carbonyl (C=O) groups is 1. The normalized spacial score (nSPS) is 17.0. The van der Waals surface area contributed by atoms with Crippen LogP contribution in [0.5, 0.6) is 0 Å². The molecule has 1 aliphatic heterocycles. The van der Waals surface area contributed by atoms with Gasteiger partial charge in [-0.15, -0.1) is 0 Å². The Bertz CT molecular complexity index is 477. The van der Waals surface area contributed by atoms with Gasteiger partial charge < -0.3 is 10.6 Å². The third-order valence-electron chi connectivity index (χ3n) is 3.91. The number of nitrogens with zero attached hydrogens (tertiary/aromatic N) is 1. The highest BCUT2D eigenvalue weighted by Crippen LogP contribution is 2.30. The molecule has 3 nitrogen and oxygen atoms in total. The Morgan fingerprint density at radius 3 is 2.24 bits per heavy atom. The molecule has 1 aliphatic rings. The fourth-order valence-corrected chi connectivity index (χ4v) is 2.72. The van der Waals surface area contributed by atoms with Crippen molar-refractivity contribution in [3.8, 4) is 0 Å². The first-order valence-electron chi connectivity index (χ1n) is 7.07. The zero-order chi connectivity index (χ0) is 15.5. The van der Waals surface area contributed by atoms with Crippen LogP contribution in [0.4, 0.5) is 13.2 Å². The van der Waals surface area contributed by atoms with Gasteiger partial charge in [-0.3, -0.25) is 4.79 Å². The first kappa shape index (κ1) is 15.8. The fourth-order valence-electron chi connectivity index (χ4n) is 2.72. The smallest absolute Gasteiger partial charge is 0.335 e. The van der Waals surface area contributed by atoms with E-state index in [0.717, 1.165) is 22.4 Å². The van der Waals surface area contributed by atoms with Crippen LogP contribution in [-0.4, -0.2) is 36.6 Å². The van der Waals surface area contributed by atoms with Crippen molar-refractivity contribution in [3.05, 3.63) is 35.4 Å². The fraction of sp³-hybridized carbons (Fsp3) is 0.533. The lowest BCUT2D eigenvalue weighted by Gasteiger charge is -2.32. The number of rotatable bonds is 3. The Morgan fingerprint density at radius 2 is 1.76 bits per heavy atom. The molecule has 1 amide bonds. The third kappa shape index (κ3) is 3.97. The number of alkyl halides is 3. The molecular weight excluding hydrogens is 281 g/mol. The quantitative estimate of drug-likeness (QED) is 0.932. The van der Waals surface area contributed by atoms with Gasteiger partial charge in [-0.05, 0) is 42.9 Å². The van der Waals surface area contributed by atoms with Gasteiger partial charge in [0, 0.05) is 13.1 Å². The summed E-state index contributed by atoms with van der Waals surface area (Å²) < 4.78 is 37.1. The molecule has 2 N–H and O–H groups in total. The van der Waals surface area contributed by atoms with E-state index in [4.69, 9.17) is 5.73 Å². The number of benzene rings is 1. The molecule has 1 heterocycles. The van der Waals surface area contributed by atoms with Crippen molar-refractivity contribution in [2.45, 2.75) is 31.4 Å². The zero-order valence-corrected chi connectivity index (χ0v) is 11.7. The van der Waals surface area contributed by atoms with E-state index in [1.807, 2.05) is 24.3 Å². The number of likely N-dealkylation sites (tertiary alicyclic amines) is 1. The van der Waals surface area contributed by atoms with E-state index in [-0.39, 0.29) is 19.0 Å². The van der Waals surface area contributed by atoms with Crippen LogP contribution in [0.25, 0.3) is 0 Å². The summed E-state index contributed by atoms with van der Waals surface area (Å²) in [6.45, 7) is 0.915. The molecule has 0 bridgehead atoms. The molecule has 1 aromatic rings. The van der Waals surface area contributed by atoms with E-state index in [2.05, 4.69) is 0 Å². The van der Waals surface area contributed by atoms with E-state index < -0.39 is 12.1 Å². The first-order chi connectivity index (χ1) is 9.91. The van der Waals surface area contributed by atoms with Crippen molar-refractivity contribution in [2.75, 3.05) is 19.6 Å². The summed E-state index contributed by atoms with van der Waals surface area (Å²) in [5.74, 6) is -1.51. The van der Waals surface area contributed by atoms with Gasteiger partial charge in [-0.25, -0.2) is 0 Å². The van der Waals surface area contributed by atoms with Gasteiger partial charge in [0.1, 0.15) is 0 Å². The molecule has 116 valence electrons. The molecule has 0 aliphatic carbocycles. The van der Waals surface area contributed by atoms with Crippen LogP contribution < -0.4 is 5.73 Å². The Labute approximate surface area is 121 Å². The van der Waals surface area contributed by atoms with Crippen LogP contribution in [-0.2, 0) is 11.2 Å². The average Bonchev–Trinajstić information content (AvgIpc) is 2.47. The van der Waals surface area contributed by atoms with Crippen molar-refractivity contribution in [3.63, 3.8) is 0 Å². The van der Waals surface area contributed by atoms with E-state index in [9.17, 15) is 18.0 Å². The van der Waals surface area contributed by atoms with Crippen molar-refractivity contribution < 1.29 is 18.0 Å². The number of piperidine rings is 1. The first-order valence-corrected chi connectivity index (χ1v) is 7.07. The highest BCUT2D eigenvalue weighted by atomic mass is 19.4. The molecule has 0 aromatic heterocycles. The molecule has 1 saturated heterocycles. The summed E-state index contributed by atoms with van der Waals surface area (Å²) in [7, 11) is 0. The number of carbonyl (C=O) groups excluding carboxylic acids is 1. The maximum Gasteiger partial charge on any atom is 0.471 e. The largest absolute Gasteiger partial charge is 0.471 e. The summed E-state index contributed by atoms with van der Waals surface area (Å²) in [5, 5.41) is 0. The van der Waals surface area contributed by atoms with Gasteiger partial charge in [0.05, 0.1) is 0 Å². The number of amides is 1. The molecule has 21 heavy (non-hydrogen) atoms. The summed E-state index contributed by atoms with van der Waals surface area (Å²) in [4.78, 5) is 12.1. The van der Waals surface area contributed by atoms with E-state index in [0.29, 0.717) is 19.4 Å². The van der Waals surface area contributed by atoms with Gasteiger partial charge in [-0.2, -0.15) is 13.2 Å². The van der Waals surface area contributed by atoms with E-state index in [1.54, 1.807) is 0 Å². The van der Waals surface area contributed by atoms with Gasteiger partial charge >= 0.3 is 12.1 Å². The molecular formula is C15H19F3N2O. The summed E-state index contributed by atoms with van der Waals surface area (Å²) in [6.07, 6.45) is -2.81.